The quantitative estimate of drug-likeness (QED) is 0.817. The zero-order chi connectivity index (χ0) is 10.1. The van der Waals surface area contributed by atoms with Crippen molar-refractivity contribution < 1.29 is 0 Å². The fourth-order valence-electron chi connectivity index (χ4n) is 1.28. The van der Waals surface area contributed by atoms with Crippen LogP contribution < -0.4 is 5.73 Å². The summed E-state index contributed by atoms with van der Waals surface area (Å²) in [5, 5.41) is 6.69. The average molecular weight is 253 g/mol. The minimum Gasteiger partial charge on any atom is -0.382 e. The molecular weight excluding hydrogens is 244 g/mol. The fourth-order valence-corrected chi connectivity index (χ4v) is 1.73. The van der Waals surface area contributed by atoms with Gasteiger partial charge in [0.25, 0.3) is 0 Å². The van der Waals surface area contributed by atoms with Crippen molar-refractivity contribution in [2.45, 2.75) is 6.92 Å². The average Bonchev–Trinajstić information content (AvgIpc) is 2.51. The lowest BCUT2D eigenvalue weighted by Crippen LogP contribution is -1.88. The van der Waals surface area contributed by atoms with E-state index in [1.165, 1.54) is 0 Å². The molecule has 2 aromatic heterocycles. The molecule has 0 saturated carbocycles. The van der Waals surface area contributed by atoms with Crippen molar-refractivity contribution in [3.05, 3.63) is 28.4 Å². The maximum absolute atomic E-state index is 5.52. The number of nitrogens with two attached hydrogens (primary N) is 1. The van der Waals surface area contributed by atoms with E-state index in [1.807, 2.05) is 13.0 Å². The van der Waals surface area contributed by atoms with E-state index in [9.17, 15) is 0 Å². The number of nitrogens with zero attached hydrogens (tertiary/aromatic N) is 2. The third-order valence-corrected chi connectivity index (χ3v) is 2.33. The molecule has 0 aliphatic carbocycles. The number of halogens is 1. The second-order valence-corrected chi connectivity index (χ2v) is 3.94. The zero-order valence-corrected chi connectivity index (χ0v) is 9.17. The highest BCUT2D eigenvalue weighted by Crippen LogP contribution is 2.22. The summed E-state index contributed by atoms with van der Waals surface area (Å²) >= 11 is 3.36. The van der Waals surface area contributed by atoms with Crippen molar-refractivity contribution in [1.29, 1.82) is 0 Å². The van der Waals surface area contributed by atoms with Crippen LogP contribution >= 0.6 is 15.9 Å². The maximum Gasteiger partial charge on any atom is 0.145 e. The SMILES string of the molecule is Cc1cc(Br)cnc1-c1cc(N)n[nH]1. The molecule has 0 saturated heterocycles. The van der Waals surface area contributed by atoms with Gasteiger partial charge in [0.15, 0.2) is 0 Å². The highest BCUT2D eigenvalue weighted by atomic mass is 79.9. The normalized spacial score (nSPS) is 10.4. The summed E-state index contributed by atoms with van der Waals surface area (Å²) in [7, 11) is 0. The minimum absolute atomic E-state index is 0.476. The molecule has 0 aromatic carbocycles. The molecule has 0 bridgehead atoms. The molecule has 2 rings (SSSR count). The zero-order valence-electron chi connectivity index (χ0n) is 7.58. The number of aromatic nitrogens is 3. The predicted octanol–water partition coefficient (Wildman–Crippen LogP) is 2.12. The van der Waals surface area contributed by atoms with Crippen molar-refractivity contribution in [2.75, 3.05) is 5.73 Å². The van der Waals surface area contributed by atoms with Gasteiger partial charge in [-0.15, -0.1) is 0 Å². The van der Waals surface area contributed by atoms with Crippen molar-refractivity contribution >= 4 is 21.7 Å². The Labute approximate surface area is 89.7 Å². The van der Waals surface area contributed by atoms with E-state index in [1.54, 1.807) is 12.3 Å². The van der Waals surface area contributed by atoms with Gasteiger partial charge in [0.05, 0.1) is 11.4 Å². The summed E-state index contributed by atoms with van der Waals surface area (Å²) in [5.74, 6) is 0.476. The molecule has 0 aliphatic heterocycles. The maximum atomic E-state index is 5.52. The van der Waals surface area contributed by atoms with Crippen LogP contribution in [0.1, 0.15) is 5.56 Å². The molecule has 2 aromatic rings. The van der Waals surface area contributed by atoms with E-state index >= 15 is 0 Å². The van der Waals surface area contributed by atoms with Gasteiger partial charge in [-0.2, -0.15) is 5.10 Å². The van der Waals surface area contributed by atoms with Crippen molar-refractivity contribution in [3.63, 3.8) is 0 Å². The summed E-state index contributed by atoms with van der Waals surface area (Å²) in [6.07, 6.45) is 1.75. The van der Waals surface area contributed by atoms with Crippen molar-refractivity contribution in [1.82, 2.24) is 15.2 Å². The molecular formula is C9H9BrN4. The lowest BCUT2D eigenvalue weighted by atomic mass is 10.2. The molecule has 0 aliphatic rings. The third kappa shape index (κ3) is 1.63. The Hall–Kier alpha value is -1.36. The van der Waals surface area contributed by atoms with Crippen LogP contribution in [0.25, 0.3) is 11.4 Å². The van der Waals surface area contributed by atoms with Gasteiger partial charge in [0, 0.05) is 16.7 Å². The van der Waals surface area contributed by atoms with Gasteiger partial charge < -0.3 is 5.73 Å². The number of pyridine rings is 1. The number of anilines is 1. The van der Waals surface area contributed by atoms with E-state index in [-0.39, 0.29) is 0 Å². The van der Waals surface area contributed by atoms with Crippen LogP contribution in [0.4, 0.5) is 5.82 Å². The molecule has 4 nitrogen and oxygen atoms in total. The second kappa shape index (κ2) is 3.42. The van der Waals surface area contributed by atoms with Crippen LogP contribution in [0.3, 0.4) is 0 Å². The summed E-state index contributed by atoms with van der Waals surface area (Å²) in [6.45, 7) is 1.99. The Morgan fingerprint density at radius 1 is 1.43 bits per heavy atom. The van der Waals surface area contributed by atoms with E-state index < -0.39 is 0 Å². The molecule has 0 fully saturated rings. The number of nitrogen functional groups attached to an aromatic ring is 1. The molecule has 0 spiro atoms. The first-order chi connectivity index (χ1) is 6.66. The van der Waals surface area contributed by atoms with Gasteiger partial charge in [-0.1, -0.05) is 0 Å². The van der Waals surface area contributed by atoms with Gasteiger partial charge in [-0.25, -0.2) is 0 Å². The Balaban J connectivity index is 2.52. The van der Waals surface area contributed by atoms with Crippen LogP contribution in [0, 0.1) is 6.92 Å². The van der Waals surface area contributed by atoms with Gasteiger partial charge in [0.2, 0.25) is 0 Å². The fraction of sp³-hybridized carbons (Fsp3) is 0.111. The first kappa shape index (κ1) is 9.21. The van der Waals surface area contributed by atoms with Gasteiger partial charge >= 0.3 is 0 Å². The number of H-pyrrole nitrogens is 1. The first-order valence-electron chi connectivity index (χ1n) is 4.10. The molecule has 5 heteroatoms. The highest BCUT2D eigenvalue weighted by molar-refractivity contribution is 9.10. The second-order valence-electron chi connectivity index (χ2n) is 3.03. The standard InChI is InChI=1S/C9H9BrN4/c1-5-2-6(10)4-12-9(5)7-3-8(11)14-13-7/h2-4H,1H3,(H3,11,13,14). The van der Waals surface area contributed by atoms with Crippen molar-refractivity contribution in [3.8, 4) is 11.4 Å². The van der Waals surface area contributed by atoms with Gasteiger partial charge in [-0.05, 0) is 34.5 Å². The largest absolute Gasteiger partial charge is 0.382 e. The number of rotatable bonds is 1. The number of hydrogen-bond donors (Lipinski definition) is 2. The monoisotopic (exact) mass is 252 g/mol. The Morgan fingerprint density at radius 3 is 2.79 bits per heavy atom. The number of hydrogen-bond acceptors (Lipinski definition) is 3. The van der Waals surface area contributed by atoms with E-state index in [4.69, 9.17) is 5.73 Å². The Kier molecular flexibility index (Phi) is 2.25. The summed E-state index contributed by atoms with van der Waals surface area (Å²) in [5.41, 5.74) is 8.30. The van der Waals surface area contributed by atoms with Crippen LogP contribution in [0.15, 0.2) is 22.8 Å². The topological polar surface area (TPSA) is 67.6 Å². The van der Waals surface area contributed by atoms with Crippen molar-refractivity contribution in [2.24, 2.45) is 0 Å². The minimum atomic E-state index is 0.476. The summed E-state index contributed by atoms with van der Waals surface area (Å²) in [6, 6.07) is 3.77. The number of aromatic amines is 1. The third-order valence-electron chi connectivity index (χ3n) is 1.90. The Bertz CT molecular complexity index is 464. The lowest BCUT2D eigenvalue weighted by molar-refractivity contribution is 1.09. The van der Waals surface area contributed by atoms with Crippen LogP contribution in [0.5, 0.6) is 0 Å². The Morgan fingerprint density at radius 2 is 2.21 bits per heavy atom. The first-order valence-corrected chi connectivity index (χ1v) is 4.89. The molecule has 14 heavy (non-hydrogen) atoms. The highest BCUT2D eigenvalue weighted by Gasteiger charge is 2.06. The number of nitrogens with one attached hydrogen (secondary N) is 1. The van der Waals surface area contributed by atoms with E-state index in [2.05, 4.69) is 31.1 Å². The van der Waals surface area contributed by atoms with Gasteiger partial charge in [0.1, 0.15) is 5.82 Å². The molecule has 2 heterocycles. The molecule has 0 unspecified atom stereocenters. The van der Waals surface area contributed by atoms with E-state index in [0.717, 1.165) is 21.4 Å². The predicted molar refractivity (Wildman–Crippen MR) is 58.7 cm³/mol. The molecule has 0 atom stereocenters. The van der Waals surface area contributed by atoms with Gasteiger partial charge in [-0.3, -0.25) is 10.1 Å². The van der Waals surface area contributed by atoms with Crippen LogP contribution in [-0.4, -0.2) is 15.2 Å². The molecule has 0 radical (unpaired) electrons. The molecule has 72 valence electrons. The molecule has 3 N–H and O–H groups in total. The van der Waals surface area contributed by atoms with E-state index in [0.29, 0.717) is 5.82 Å². The molecule has 0 amide bonds. The number of aryl methyl sites for hydroxylation is 1. The smallest absolute Gasteiger partial charge is 0.145 e. The summed E-state index contributed by atoms with van der Waals surface area (Å²) < 4.78 is 0.964. The lowest BCUT2D eigenvalue weighted by Gasteiger charge is -2.01. The summed E-state index contributed by atoms with van der Waals surface area (Å²) in [4.78, 5) is 4.29. The van der Waals surface area contributed by atoms with Crippen LogP contribution in [0.2, 0.25) is 0 Å². The van der Waals surface area contributed by atoms with Crippen LogP contribution in [-0.2, 0) is 0 Å².